The normalized spacial score (nSPS) is 20.5. The average molecular weight is 300 g/mol. The van der Waals surface area contributed by atoms with Crippen molar-refractivity contribution in [1.29, 1.82) is 0 Å². The van der Waals surface area contributed by atoms with Crippen LogP contribution in [0.5, 0.6) is 0 Å². The summed E-state index contributed by atoms with van der Waals surface area (Å²) in [5, 5.41) is 9.99. The van der Waals surface area contributed by atoms with Gasteiger partial charge in [-0.2, -0.15) is 5.10 Å². The zero-order chi connectivity index (χ0) is 15.7. The molecule has 2 N–H and O–H groups in total. The van der Waals surface area contributed by atoms with Gasteiger partial charge in [0.15, 0.2) is 5.69 Å². The third-order valence-electron chi connectivity index (χ3n) is 3.82. The number of amides is 1. The third-order valence-corrected chi connectivity index (χ3v) is 3.82. The lowest BCUT2D eigenvalue weighted by atomic mass is 9.99. The van der Waals surface area contributed by atoms with E-state index in [2.05, 4.69) is 20.5 Å². The van der Waals surface area contributed by atoms with E-state index >= 15 is 0 Å². The van der Waals surface area contributed by atoms with Gasteiger partial charge in [0.2, 0.25) is 0 Å². The van der Waals surface area contributed by atoms with E-state index in [9.17, 15) is 4.79 Å². The first-order valence-electron chi connectivity index (χ1n) is 7.48. The Kier molecular flexibility index (Phi) is 3.94. The number of nitrogens with zero attached hydrogens (tertiary/aromatic N) is 2. The predicted octanol–water partition coefficient (Wildman–Crippen LogP) is 2.07. The van der Waals surface area contributed by atoms with Crippen molar-refractivity contribution in [2.24, 2.45) is 0 Å². The van der Waals surface area contributed by atoms with Gasteiger partial charge in [0, 0.05) is 17.7 Å². The van der Waals surface area contributed by atoms with Crippen molar-refractivity contribution < 1.29 is 9.53 Å². The number of nitrogens with one attached hydrogen (secondary N) is 2. The quantitative estimate of drug-likeness (QED) is 0.909. The number of carbonyl (C=O) groups excluding carboxylic acids is 1. The van der Waals surface area contributed by atoms with Crippen molar-refractivity contribution >= 4 is 5.91 Å². The van der Waals surface area contributed by atoms with Gasteiger partial charge < -0.3 is 10.1 Å². The molecule has 3 rings (SSSR count). The molecule has 1 aliphatic rings. The molecule has 3 heterocycles. The number of hydrogen-bond acceptors (Lipinski definition) is 4. The number of aromatic nitrogens is 3. The second kappa shape index (κ2) is 5.88. The first-order chi connectivity index (χ1) is 10.5. The van der Waals surface area contributed by atoms with Crippen LogP contribution in [0.4, 0.5) is 0 Å². The highest BCUT2D eigenvalue weighted by molar-refractivity contribution is 5.94. The van der Waals surface area contributed by atoms with Gasteiger partial charge in [-0.3, -0.25) is 14.9 Å². The number of ether oxygens (including phenoxy) is 1. The van der Waals surface area contributed by atoms with Crippen LogP contribution in [0.1, 0.15) is 53.1 Å². The maximum absolute atomic E-state index is 12.4. The smallest absolute Gasteiger partial charge is 0.272 e. The molecule has 0 unspecified atom stereocenters. The minimum atomic E-state index is -0.179. The Bertz CT molecular complexity index is 695. The molecule has 0 aliphatic carbocycles. The lowest BCUT2D eigenvalue weighted by Crippen LogP contribution is -2.27. The molecule has 0 bridgehead atoms. The standard InChI is InChI=1S/C16H20N4O2/c1-9-5-4-6-12(18-9)8-17-16(21)15-13-7-10(2)22-11(3)14(13)19-20-15/h4-6,10-11H,7-8H2,1-3H3,(H,17,21)(H,19,20)/t10-,11+/m1/s1. The van der Waals surface area contributed by atoms with Gasteiger partial charge in [-0.1, -0.05) is 6.07 Å². The Hall–Kier alpha value is -2.21. The third kappa shape index (κ3) is 2.87. The average Bonchev–Trinajstić information content (AvgIpc) is 2.89. The van der Waals surface area contributed by atoms with Gasteiger partial charge >= 0.3 is 0 Å². The van der Waals surface area contributed by atoms with Crippen molar-refractivity contribution in [1.82, 2.24) is 20.5 Å². The Morgan fingerprint density at radius 2 is 2.27 bits per heavy atom. The van der Waals surface area contributed by atoms with Gasteiger partial charge in [-0.25, -0.2) is 0 Å². The molecule has 0 fully saturated rings. The second-order valence-corrected chi connectivity index (χ2v) is 5.71. The van der Waals surface area contributed by atoms with Gasteiger partial charge in [-0.15, -0.1) is 0 Å². The number of aromatic amines is 1. The summed E-state index contributed by atoms with van der Waals surface area (Å²) in [7, 11) is 0. The van der Waals surface area contributed by atoms with Crippen LogP contribution in [0.15, 0.2) is 18.2 Å². The Labute approximate surface area is 129 Å². The molecule has 0 spiro atoms. The minimum Gasteiger partial charge on any atom is -0.369 e. The molecule has 6 heteroatoms. The molecular weight excluding hydrogens is 280 g/mol. The number of carbonyl (C=O) groups is 1. The zero-order valence-electron chi connectivity index (χ0n) is 13.0. The first kappa shape index (κ1) is 14.7. The van der Waals surface area contributed by atoms with Crippen LogP contribution in [0, 0.1) is 6.92 Å². The van der Waals surface area contributed by atoms with Crippen LogP contribution in [-0.2, 0) is 17.7 Å². The molecule has 1 amide bonds. The summed E-state index contributed by atoms with van der Waals surface area (Å²) in [6, 6.07) is 5.75. The van der Waals surface area contributed by atoms with Crippen LogP contribution < -0.4 is 5.32 Å². The van der Waals surface area contributed by atoms with Crippen molar-refractivity contribution in [3.05, 3.63) is 46.5 Å². The summed E-state index contributed by atoms with van der Waals surface area (Å²) in [6.45, 7) is 6.29. The zero-order valence-corrected chi connectivity index (χ0v) is 13.0. The van der Waals surface area contributed by atoms with Crippen molar-refractivity contribution in [3.8, 4) is 0 Å². The number of pyridine rings is 1. The van der Waals surface area contributed by atoms with E-state index in [-0.39, 0.29) is 18.1 Å². The van der Waals surface area contributed by atoms with Crippen molar-refractivity contribution in [2.75, 3.05) is 0 Å². The summed E-state index contributed by atoms with van der Waals surface area (Å²) >= 11 is 0. The number of hydrogen-bond donors (Lipinski definition) is 2. The summed E-state index contributed by atoms with van der Waals surface area (Å²) in [4.78, 5) is 16.8. The van der Waals surface area contributed by atoms with Crippen LogP contribution >= 0.6 is 0 Å². The molecule has 116 valence electrons. The first-order valence-corrected chi connectivity index (χ1v) is 7.48. The highest BCUT2D eigenvalue weighted by Crippen LogP contribution is 2.29. The summed E-state index contributed by atoms with van der Waals surface area (Å²) in [5.74, 6) is -0.179. The fourth-order valence-corrected chi connectivity index (χ4v) is 2.81. The van der Waals surface area contributed by atoms with Crippen LogP contribution in [0.2, 0.25) is 0 Å². The Morgan fingerprint density at radius 3 is 3.05 bits per heavy atom. The number of fused-ring (bicyclic) bond motifs is 1. The van der Waals surface area contributed by atoms with Crippen molar-refractivity contribution in [3.63, 3.8) is 0 Å². The lowest BCUT2D eigenvalue weighted by molar-refractivity contribution is -0.00697. The molecule has 0 saturated carbocycles. The number of aryl methyl sites for hydroxylation is 1. The van der Waals surface area contributed by atoms with E-state index in [0.29, 0.717) is 18.7 Å². The predicted molar refractivity (Wildman–Crippen MR) is 81.4 cm³/mol. The van der Waals surface area contributed by atoms with Gasteiger partial charge in [0.1, 0.15) is 0 Å². The monoisotopic (exact) mass is 300 g/mol. The van der Waals surface area contributed by atoms with Gasteiger partial charge in [0.25, 0.3) is 5.91 Å². The molecule has 1 aliphatic heterocycles. The largest absolute Gasteiger partial charge is 0.369 e. The molecular formula is C16H20N4O2. The molecule has 0 saturated heterocycles. The number of rotatable bonds is 3. The molecule has 0 radical (unpaired) electrons. The maximum atomic E-state index is 12.4. The highest BCUT2D eigenvalue weighted by Gasteiger charge is 2.29. The van der Waals surface area contributed by atoms with E-state index in [1.807, 2.05) is 39.0 Å². The fourth-order valence-electron chi connectivity index (χ4n) is 2.81. The molecule has 6 nitrogen and oxygen atoms in total. The van der Waals surface area contributed by atoms with E-state index in [0.717, 1.165) is 22.6 Å². The summed E-state index contributed by atoms with van der Waals surface area (Å²) < 4.78 is 5.74. The lowest BCUT2D eigenvalue weighted by Gasteiger charge is -2.25. The molecule has 2 aromatic rings. The second-order valence-electron chi connectivity index (χ2n) is 5.71. The molecule has 2 aromatic heterocycles. The van der Waals surface area contributed by atoms with E-state index < -0.39 is 0 Å². The SMILES string of the molecule is Cc1cccc(CNC(=O)c2n[nH]c3c2C[C@@H](C)O[C@H]3C)n1. The number of H-pyrrole nitrogens is 1. The Morgan fingerprint density at radius 1 is 1.45 bits per heavy atom. The van der Waals surface area contributed by atoms with E-state index in [4.69, 9.17) is 4.74 Å². The van der Waals surface area contributed by atoms with Gasteiger partial charge in [-0.05, 0) is 32.9 Å². The topological polar surface area (TPSA) is 79.9 Å². The van der Waals surface area contributed by atoms with Crippen LogP contribution in [0.3, 0.4) is 0 Å². The molecule has 22 heavy (non-hydrogen) atoms. The van der Waals surface area contributed by atoms with Gasteiger partial charge in [0.05, 0.1) is 30.1 Å². The highest BCUT2D eigenvalue weighted by atomic mass is 16.5. The molecule has 2 atom stereocenters. The summed E-state index contributed by atoms with van der Waals surface area (Å²) in [5.41, 5.74) is 4.09. The minimum absolute atomic E-state index is 0.0637. The fraction of sp³-hybridized carbons (Fsp3) is 0.438. The maximum Gasteiger partial charge on any atom is 0.272 e. The molecule has 0 aromatic carbocycles. The van der Waals surface area contributed by atoms with Crippen LogP contribution in [-0.4, -0.2) is 27.2 Å². The van der Waals surface area contributed by atoms with Crippen molar-refractivity contribution in [2.45, 2.75) is 45.9 Å². The summed E-state index contributed by atoms with van der Waals surface area (Å²) in [6.07, 6.45) is 0.720. The van der Waals surface area contributed by atoms with E-state index in [1.54, 1.807) is 0 Å². The van der Waals surface area contributed by atoms with Crippen LogP contribution in [0.25, 0.3) is 0 Å². The van der Waals surface area contributed by atoms with E-state index in [1.165, 1.54) is 0 Å². The Balaban J connectivity index is 1.73.